The molecule has 42 heavy (non-hydrogen) atoms. The zero-order valence-electron chi connectivity index (χ0n) is 23.6. The third kappa shape index (κ3) is 5.12. The minimum atomic E-state index is -0.462. The van der Waals surface area contributed by atoms with E-state index >= 15 is 0 Å². The number of benzene rings is 2. The predicted molar refractivity (Wildman–Crippen MR) is 163 cm³/mol. The molecule has 3 aliphatic heterocycles. The van der Waals surface area contributed by atoms with Gasteiger partial charge >= 0.3 is 0 Å². The van der Waals surface area contributed by atoms with Crippen LogP contribution in [0.15, 0.2) is 77.5 Å². The second-order valence-electron chi connectivity index (χ2n) is 11.2. The van der Waals surface area contributed by atoms with Crippen molar-refractivity contribution in [1.29, 1.82) is 5.26 Å². The number of halogens is 2. The molecule has 2 aromatic carbocycles. The largest absolute Gasteiger partial charge is 0.475 e. The van der Waals surface area contributed by atoms with Crippen molar-refractivity contribution in [3.63, 3.8) is 0 Å². The average Bonchev–Trinajstić information content (AvgIpc) is 3.44. The van der Waals surface area contributed by atoms with Crippen LogP contribution >= 0.6 is 11.6 Å². The Balaban J connectivity index is 1.38. The third-order valence-electron chi connectivity index (χ3n) is 8.80. The number of amides is 1. The summed E-state index contributed by atoms with van der Waals surface area (Å²) in [7, 11) is 2.09. The summed E-state index contributed by atoms with van der Waals surface area (Å²) >= 11 is 6.47. The number of fused-ring (bicyclic) bond motifs is 2. The van der Waals surface area contributed by atoms with Crippen LogP contribution in [0.3, 0.4) is 0 Å². The second-order valence-corrected chi connectivity index (χ2v) is 11.6. The highest BCUT2D eigenvalue weighted by Crippen LogP contribution is 2.40. The standard InChI is InChI=1S/C33H33ClFN5O2/c1-3-29(41)39-14-16-40(17-15-39)32-25-11-9-22(24-8-4-6-21-10-12-27(35)31(34)30(21)24)18-28(25)37-33(26(32)19-36)42-20-23-7-5-13-38(23)2/h3-4,6,8-12,18,23,25,28H,1,5,7,13-17,20H2,2H3/t23-,25?,28?/m0/s1. The highest BCUT2D eigenvalue weighted by Gasteiger charge is 2.38. The van der Waals surface area contributed by atoms with Crippen molar-refractivity contribution in [3.8, 4) is 6.07 Å². The molecule has 7 nitrogen and oxygen atoms in total. The number of nitrogens with zero attached hydrogens (tertiary/aromatic N) is 5. The lowest BCUT2D eigenvalue weighted by molar-refractivity contribution is -0.127. The van der Waals surface area contributed by atoms with Crippen LogP contribution in [0, 0.1) is 23.1 Å². The van der Waals surface area contributed by atoms with E-state index in [4.69, 9.17) is 21.3 Å². The summed E-state index contributed by atoms with van der Waals surface area (Å²) in [6.45, 7) is 7.35. The molecule has 1 amide bonds. The van der Waals surface area contributed by atoms with Gasteiger partial charge in [-0.25, -0.2) is 9.38 Å². The summed E-state index contributed by atoms with van der Waals surface area (Å²) in [4.78, 5) is 23.5. The van der Waals surface area contributed by atoms with Gasteiger partial charge in [0.1, 0.15) is 24.1 Å². The SMILES string of the molecule is C=CC(=O)N1CCN(C2=C(C#N)C(OC[C@@H]3CCCN3C)=NC3C=C(c4cccc5ccc(F)c(Cl)c45)C=CC23)CC1. The first-order chi connectivity index (χ1) is 20.4. The van der Waals surface area contributed by atoms with E-state index in [1.54, 1.807) is 11.0 Å². The Labute approximate surface area is 250 Å². The highest BCUT2D eigenvalue weighted by molar-refractivity contribution is 6.36. The normalized spacial score (nSPS) is 24.3. The summed E-state index contributed by atoms with van der Waals surface area (Å²) < 4.78 is 20.8. The molecule has 6 rings (SSSR count). The lowest BCUT2D eigenvalue weighted by Crippen LogP contribution is -2.50. The molecule has 4 aliphatic rings. The summed E-state index contributed by atoms with van der Waals surface area (Å²) in [5.41, 5.74) is 3.02. The second kappa shape index (κ2) is 11.7. The molecule has 0 N–H and O–H groups in total. The zero-order valence-corrected chi connectivity index (χ0v) is 24.4. The molecule has 3 heterocycles. The Morgan fingerprint density at radius 2 is 2.05 bits per heavy atom. The molecule has 1 aliphatic carbocycles. The summed E-state index contributed by atoms with van der Waals surface area (Å²) in [5.74, 6) is -0.386. The van der Waals surface area contributed by atoms with Crippen molar-refractivity contribution >= 4 is 39.8 Å². The van der Waals surface area contributed by atoms with Crippen LogP contribution in [0.1, 0.15) is 18.4 Å². The van der Waals surface area contributed by atoms with Crippen molar-refractivity contribution in [2.24, 2.45) is 10.9 Å². The molecule has 2 fully saturated rings. The number of hydrogen-bond acceptors (Lipinski definition) is 6. The molecule has 216 valence electrons. The van der Waals surface area contributed by atoms with Crippen LogP contribution in [0.4, 0.5) is 4.39 Å². The van der Waals surface area contributed by atoms with Gasteiger partial charge in [-0.15, -0.1) is 0 Å². The first-order valence-electron chi connectivity index (χ1n) is 14.4. The number of allylic oxidation sites excluding steroid dienone is 2. The van der Waals surface area contributed by atoms with Gasteiger partial charge in [-0.05, 0) is 55.1 Å². The Hall–Kier alpha value is -3.93. The number of carbonyl (C=O) groups is 1. The molecule has 2 saturated heterocycles. The van der Waals surface area contributed by atoms with E-state index < -0.39 is 5.82 Å². The average molecular weight is 586 g/mol. The third-order valence-corrected chi connectivity index (χ3v) is 9.17. The van der Waals surface area contributed by atoms with Crippen LogP contribution < -0.4 is 0 Å². The maximum absolute atomic E-state index is 14.5. The van der Waals surface area contributed by atoms with Crippen LogP contribution in [0.2, 0.25) is 5.02 Å². The Morgan fingerprint density at radius 3 is 2.76 bits per heavy atom. The summed E-state index contributed by atoms with van der Waals surface area (Å²) in [6, 6.07) is 11.3. The first-order valence-corrected chi connectivity index (χ1v) is 14.8. The molecule has 2 aromatic rings. The van der Waals surface area contributed by atoms with Gasteiger partial charge in [0.05, 0.1) is 11.1 Å². The van der Waals surface area contributed by atoms with Crippen molar-refractivity contribution in [3.05, 3.63) is 88.9 Å². The molecule has 0 bridgehead atoms. The van der Waals surface area contributed by atoms with E-state index in [0.29, 0.717) is 49.6 Å². The van der Waals surface area contributed by atoms with Gasteiger partial charge in [0.15, 0.2) is 0 Å². The number of ether oxygens (including phenoxy) is 1. The number of carbonyl (C=O) groups excluding carboxylic acids is 1. The quantitative estimate of drug-likeness (QED) is 0.451. The van der Waals surface area contributed by atoms with Crippen molar-refractivity contribution in [2.75, 3.05) is 46.4 Å². The maximum atomic E-state index is 14.5. The number of rotatable bonds is 5. The lowest BCUT2D eigenvalue weighted by Gasteiger charge is -2.42. The highest BCUT2D eigenvalue weighted by atomic mass is 35.5. The van der Waals surface area contributed by atoms with Crippen LogP contribution in [0.25, 0.3) is 16.3 Å². The van der Waals surface area contributed by atoms with Gasteiger partial charge in [0.2, 0.25) is 11.8 Å². The van der Waals surface area contributed by atoms with E-state index in [0.717, 1.165) is 41.6 Å². The molecule has 2 unspecified atom stereocenters. The van der Waals surface area contributed by atoms with Crippen LogP contribution in [-0.4, -0.2) is 85.0 Å². The zero-order chi connectivity index (χ0) is 29.4. The first kappa shape index (κ1) is 28.2. The fraction of sp³-hybridized carbons (Fsp3) is 0.364. The van der Waals surface area contributed by atoms with Gasteiger partial charge in [0, 0.05) is 49.2 Å². The van der Waals surface area contributed by atoms with Crippen molar-refractivity contribution in [2.45, 2.75) is 24.9 Å². The van der Waals surface area contributed by atoms with E-state index in [9.17, 15) is 14.4 Å². The number of nitriles is 1. The van der Waals surface area contributed by atoms with E-state index in [1.165, 1.54) is 12.1 Å². The van der Waals surface area contributed by atoms with Crippen molar-refractivity contribution < 1.29 is 13.9 Å². The Kier molecular flexibility index (Phi) is 7.89. The minimum absolute atomic E-state index is 0.0905. The molecular weight excluding hydrogens is 553 g/mol. The number of hydrogen-bond donors (Lipinski definition) is 0. The van der Waals surface area contributed by atoms with Gasteiger partial charge in [-0.1, -0.05) is 60.7 Å². The number of likely N-dealkylation sites (tertiary alicyclic amines) is 1. The van der Waals surface area contributed by atoms with Crippen molar-refractivity contribution in [1.82, 2.24) is 14.7 Å². The number of piperazine rings is 1. The Bertz CT molecular complexity index is 1600. The predicted octanol–water partition coefficient (Wildman–Crippen LogP) is 5.20. The summed E-state index contributed by atoms with van der Waals surface area (Å²) in [5, 5.41) is 12.0. The minimum Gasteiger partial charge on any atom is -0.475 e. The topological polar surface area (TPSA) is 72.2 Å². The molecule has 0 radical (unpaired) electrons. The molecular formula is C33H33ClFN5O2. The maximum Gasteiger partial charge on any atom is 0.246 e. The molecule has 3 atom stereocenters. The van der Waals surface area contributed by atoms with Gasteiger partial charge in [0.25, 0.3) is 0 Å². The molecule has 0 spiro atoms. The van der Waals surface area contributed by atoms with Gasteiger partial charge in [-0.3, -0.25) is 4.79 Å². The smallest absolute Gasteiger partial charge is 0.246 e. The molecule has 0 aromatic heterocycles. The number of likely N-dealkylation sites (N-methyl/N-ethyl adjacent to an activating group) is 1. The monoisotopic (exact) mass is 585 g/mol. The van der Waals surface area contributed by atoms with E-state index in [1.807, 2.05) is 24.3 Å². The molecule has 0 saturated carbocycles. The number of dihydropyridines is 1. The van der Waals surface area contributed by atoms with Crippen LogP contribution in [-0.2, 0) is 9.53 Å². The lowest BCUT2D eigenvalue weighted by atomic mass is 9.82. The number of aliphatic imine (C=N–C) groups is 1. The fourth-order valence-corrected chi connectivity index (χ4v) is 6.76. The Morgan fingerprint density at radius 1 is 1.24 bits per heavy atom. The fourth-order valence-electron chi connectivity index (χ4n) is 6.49. The van der Waals surface area contributed by atoms with Gasteiger partial charge < -0.3 is 19.4 Å². The van der Waals surface area contributed by atoms with E-state index in [-0.39, 0.29) is 28.9 Å². The van der Waals surface area contributed by atoms with Crippen LogP contribution in [0.5, 0.6) is 0 Å². The summed E-state index contributed by atoms with van der Waals surface area (Å²) in [6.07, 6.45) is 9.65. The van der Waals surface area contributed by atoms with E-state index in [2.05, 4.69) is 41.6 Å². The molecule has 9 heteroatoms. The van der Waals surface area contributed by atoms with Gasteiger partial charge in [-0.2, -0.15) is 5.26 Å².